The van der Waals surface area contributed by atoms with Gasteiger partial charge < -0.3 is 9.88 Å². The average molecular weight is 389 g/mol. The lowest BCUT2D eigenvalue weighted by Crippen LogP contribution is -2.48. The fraction of sp³-hybridized carbons (Fsp3) is 0.368. The second-order valence-electron chi connectivity index (χ2n) is 6.63. The quantitative estimate of drug-likeness (QED) is 0.727. The lowest BCUT2D eigenvalue weighted by molar-refractivity contribution is -0.132. The van der Waals surface area contributed by atoms with Crippen LogP contribution in [0, 0.1) is 0 Å². The smallest absolute Gasteiger partial charge is 0.223 e. The molecule has 0 unspecified atom stereocenters. The fourth-order valence-electron chi connectivity index (χ4n) is 3.43. The van der Waals surface area contributed by atoms with Crippen molar-refractivity contribution in [3.63, 3.8) is 0 Å². The Bertz CT molecular complexity index is 884. The Kier molecular flexibility index (Phi) is 5.24. The number of fused-ring (bicyclic) bond motifs is 1. The molecule has 26 heavy (non-hydrogen) atoms. The second kappa shape index (κ2) is 7.78. The molecule has 1 amide bonds. The number of aryl methyl sites for hydroxylation is 1. The van der Waals surface area contributed by atoms with Crippen LogP contribution in [0.5, 0.6) is 0 Å². The van der Waals surface area contributed by atoms with Gasteiger partial charge >= 0.3 is 0 Å². The monoisotopic (exact) mass is 388 g/mol. The molecule has 1 fully saturated rings. The van der Waals surface area contributed by atoms with Gasteiger partial charge in [-0.1, -0.05) is 11.6 Å². The summed E-state index contributed by atoms with van der Waals surface area (Å²) in [5.74, 6) is 0.247. The lowest BCUT2D eigenvalue weighted by atomic mass is 10.1. The molecule has 1 N–H and O–H groups in total. The number of piperazine rings is 1. The molecule has 1 saturated heterocycles. The van der Waals surface area contributed by atoms with Gasteiger partial charge in [-0.15, -0.1) is 11.3 Å². The van der Waals surface area contributed by atoms with Crippen LogP contribution in [0.3, 0.4) is 0 Å². The maximum atomic E-state index is 12.4. The van der Waals surface area contributed by atoms with E-state index in [0.29, 0.717) is 6.42 Å². The molecule has 136 valence electrons. The molecule has 0 aliphatic carbocycles. The van der Waals surface area contributed by atoms with E-state index in [9.17, 15) is 4.79 Å². The average Bonchev–Trinajstić information content (AvgIpc) is 3.30. The largest absolute Gasteiger partial charge is 0.361 e. The first kappa shape index (κ1) is 17.5. The Morgan fingerprint density at radius 1 is 1.27 bits per heavy atom. The number of hydrogen-bond donors (Lipinski definition) is 1. The van der Waals surface area contributed by atoms with Crippen LogP contribution in [0.1, 0.15) is 16.9 Å². The summed E-state index contributed by atoms with van der Waals surface area (Å²) in [5, 5.41) is 1.94. The molecular formula is C19H21ClN4OS. The first-order valence-electron chi connectivity index (χ1n) is 8.82. The van der Waals surface area contributed by atoms with Gasteiger partial charge in [0.05, 0.1) is 5.51 Å². The first-order valence-corrected chi connectivity index (χ1v) is 10.1. The third-order valence-electron chi connectivity index (χ3n) is 4.92. The number of thiazole rings is 1. The van der Waals surface area contributed by atoms with Crippen molar-refractivity contribution < 1.29 is 4.79 Å². The lowest BCUT2D eigenvalue weighted by Gasteiger charge is -2.34. The van der Waals surface area contributed by atoms with Crippen LogP contribution in [-0.4, -0.2) is 51.9 Å². The number of carbonyl (C=O) groups excluding carboxylic acids is 1. The Morgan fingerprint density at radius 3 is 2.88 bits per heavy atom. The summed E-state index contributed by atoms with van der Waals surface area (Å²) in [5.41, 5.74) is 4.19. The SMILES string of the molecule is O=C(CCc1cncs1)N1CCN(Cc2c[nH]c3ccc(Cl)cc23)CC1. The van der Waals surface area contributed by atoms with E-state index in [1.807, 2.05) is 34.8 Å². The van der Waals surface area contributed by atoms with Crippen molar-refractivity contribution in [2.45, 2.75) is 19.4 Å². The molecule has 7 heteroatoms. The Labute approximate surface area is 161 Å². The number of amides is 1. The Balaban J connectivity index is 1.30. The summed E-state index contributed by atoms with van der Waals surface area (Å²) in [4.78, 5) is 25.3. The fourth-order valence-corrected chi connectivity index (χ4v) is 4.20. The molecule has 0 spiro atoms. The zero-order valence-corrected chi connectivity index (χ0v) is 16.0. The van der Waals surface area contributed by atoms with E-state index in [2.05, 4.69) is 21.1 Å². The summed E-state index contributed by atoms with van der Waals surface area (Å²) >= 11 is 7.75. The van der Waals surface area contributed by atoms with Gasteiger partial charge in [-0.25, -0.2) is 0 Å². The maximum absolute atomic E-state index is 12.4. The van der Waals surface area contributed by atoms with Crippen LogP contribution in [0.15, 0.2) is 36.1 Å². The van der Waals surface area contributed by atoms with E-state index >= 15 is 0 Å². The van der Waals surface area contributed by atoms with E-state index in [0.717, 1.165) is 49.7 Å². The summed E-state index contributed by atoms with van der Waals surface area (Å²) in [7, 11) is 0. The number of benzene rings is 1. The number of aromatic nitrogens is 2. The van der Waals surface area contributed by atoms with E-state index in [4.69, 9.17) is 11.6 Å². The van der Waals surface area contributed by atoms with Crippen LogP contribution in [-0.2, 0) is 17.8 Å². The van der Waals surface area contributed by atoms with E-state index < -0.39 is 0 Å². The van der Waals surface area contributed by atoms with Gasteiger partial charge in [0.2, 0.25) is 5.91 Å². The van der Waals surface area contributed by atoms with E-state index in [1.54, 1.807) is 11.3 Å². The van der Waals surface area contributed by atoms with Crippen molar-refractivity contribution in [1.82, 2.24) is 19.8 Å². The topological polar surface area (TPSA) is 52.2 Å². The van der Waals surface area contributed by atoms with Crippen LogP contribution >= 0.6 is 22.9 Å². The number of carbonyl (C=O) groups is 1. The Hall–Kier alpha value is -1.89. The molecule has 0 atom stereocenters. The molecule has 0 radical (unpaired) electrons. The highest BCUT2D eigenvalue weighted by Crippen LogP contribution is 2.24. The van der Waals surface area contributed by atoms with Crippen molar-refractivity contribution in [3.05, 3.63) is 51.6 Å². The van der Waals surface area contributed by atoms with Gasteiger partial charge in [0.15, 0.2) is 0 Å². The van der Waals surface area contributed by atoms with Crippen molar-refractivity contribution >= 4 is 39.7 Å². The highest BCUT2D eigenvalue weighted by Gasteiger charge is 2.21. The minimum Gasteiger partial charge on any atom is -0.361 e. The van der Waals surface area contributed by atoms with Gasteiger partial charge in [-0.05, 0) is 30.2 Å². The molecule has 2 aromatic heterocycles. The van der Waals surface area contributed by atoms with Gasteiger partial charge in [-0.3, -0.25) is 14.7 Å². The minimum absolute atomic E-state index is 0.247. The zero-order chi connectivity index (χ0) is 17.9. The van der Waals surface area contributed by atoms with E-state index in [-0.39, 0.29) is 5.91 Å². The normalized spacial score (nSPS) is 15.7. The highest BCUT2D eigenvalue weighted by atomic mass is 35.5. The summed E-state index contributed by atoms with van der Waals surface area (Å²) < 4.78 is 0. The number of aromatic amines is 1. The van der Waals surface area contributed by atoms with Gasteiger partial charge in [0, 0.05) is 72.3 Å². The van der Waals surface area contributed by atoms with Gasteiger partial charge in [0.25, 0.3) is 0 Å². The predicted octanol–water partition coefficient (Wildman–Crippen LogP) is 3.55. The standard InChI is InChI=1S/C19H21ClN4OS/c20-15-1-3-18-17(9-15)14(10-22-18)12-23-5-7-24(8-6-23)19(25)4-2-16-11-21-13-26-16/h1,3,9-11,13,22H,2,4-8,12H2. The second-order valence-corrected chi connectivity index (χ2v) is 8.04. The van der Waals surface area contributed by atoms with Crippen molar-refractivity contribution in [3.8, 4) is 0 Å². The highest BCUT2D eigenvalue weighted by molar-refractivity contribution is 7.09. The number of H-pyrrole nitrogens is 1. The number of nitrogens with one attached hydrogen (secondary N) is 1. The van der Waals surface area contributed by atoms with Crippen molar-refractivity contribution in [2.75, 3.05) is 26.2 Å². The van der Waals surface area contributed by atoms with E-state index in [1.165, 1.54) is 15.8 Å². The molecule has 3 heterocycles. The summed E-state index contributed by atoms with van der Waals surface area (Å²) in [6.45, 7) is 4.28. The number of nitrogens with zero attached hydrogens (tertiary/aromatic N) is 3. The van der Waals surface area contributed by atoms with Crippen molar-refractivity contribution in [2.24, 2.45) is 0 Å². The molecule has 4 rings (SSSR count). The molecular weight excluding hydrogens is 368 g/mol. The van der Waals surface area contributed by atoms with Crippen LogP contribution < -0.4 is 0 Å². The molecule has 0 saturated carbocycles. The molecule has 1 aromatic carbocycles. The molecule has 0 bridgehead atoms. The molecule has 1 aliphatic rings. The molecule has 3 aromatic rings. The third-order valence-corrected chi connectivity index (χ3v) is 5.99. The van der Waals surface area contributed by atoms with Gasteiger partial charge in [-0.2, -0.15) is 0 Å². The molecule has 1 aliphatic heterocycles. The Morgan fingerprint density at radius 2 is 2.12 bits per heavy atom. The van der Waals surface area contributed by atoms with Gasteiger partial charge in [0.1, 0.15) is 0 Å². The third kappa shape index (κ3) is 3.92. The molecule has 5 nitrogen and oxygen atoms in total. The van der Waals surface area contributed by atoms with Crippen LogP contribution in [0.4, 0.5) is 0 Å². The number of halogens is 1. The maximum Gasteiger partial charge on any atom is 0.223 e. The number of hydrogen-bond acceptors (Lipinski definition) is 4. The van der Waals surface area contributed by atoms with Crippen LogP contribution in [0.2, 0.25) is 5.02 Å². The number of rotatable bonds is 5. The predicted molar refractivity (Wildman–Crippen MR) is 106 cm³/mol. The van der Waals surface area contributed by atoms with Crippen LogP contribution in [0.25, 0.3) is 10.9 Å². The minimum atomic E-state index is 0.247. The summed E-state index contributed by atoms with van der Waals surface area (Å²) in [6, 6.07) is 5.93. The van der Waals surface area contributed by atoms with Crippen molar-refractivity contribution in [1.29, 1.82) is 0 Å². The summed E-state index contributed by atoms with van der Waals surface area (Å²) in [6.07, 6.45) is 5.28. The zero-order valence-electron chi connectivity index (χ0n) is 14.4. The first-order chi connectivity index (χ1) is 12.7.